The molecule has 1 aromatic carbocycles. The fourth-order valence-corrected chi connectivity index (χ4v) is 2.31. The molecule has 2 unspecified atom stereocenters. The second-order valence-electron chi connectivity index (χ2n) is 4.55. The molecule has 1 aromatic rings. The lowest BCUT2D eigenvalue weighted by atomic mass is 10.1. The highest BCUT2D eigenvalue weighted by Crippen LogP contribution is 2.18. The number of rotatable bonds is 5. The summed E-state index contributed by atoms with van der Waals surface area (Å²) >= 11 is 3.35. The molecule has 0 bridgehead atoms. The summed E-state index contributed by atoms with van der Waals surface area (Å²) < 4.78 is 0.961. The Bertz CT molecular complexity index is 530. The van der Waals surface area contributed by atoms with Crippen LogP contribution in [0.1, 0.15) is 12.0 Å². The summed E-state index contributed by atoms with van der Waals surface area (Å²) in [5, 5.41) is 18.4. The second kappa shape index (κ2) is 6.62. The van der Waals surface area contributed by atoms with E-state index in [4.69, 9.17) is 10.6 Å². The van der Waals surface area contributed by atoms with Crippen LogP contribution >= 0.6 is 15.9 Å². The van der Waals surface area contributed by atoms with E-state index in [0.717, 1.165) is 10.0 Å². The molecule has 2 atom stereocenters. The molecule has 2 rings (SSSR count). The van der Waals surface area contributed by atoms with Crippen LogP contribution in [0.15, 0.2) is 40.1 Å². The molecule has 1 aliphatic rings. The van der Waals surface area contributed by atoms with Crippen LogP contribution in [0.3, 0.4) is 0 Å². The normalized spacial score (nSPS) is 22.6. The average Bonchev–Trinajstić information content (AvgIpc) is 2.90. The molecule has 7 heteroatoms. The van der Waals surface area contributed by atoms with Gasteiger partial charge in [-0.3, -0.25) is 4.79 Å². The minimum absolute atomic E-state index is 0.0308. The quantitative estimate of drug-likeness (QED) is 0.618. The van der Waals surface area contributed by atoms with Gasteiger partial charge in [0.1, 0.15) is 11.7 Å². The highest BCUT2D eigenvalue weighted by Gasteiger charge is 2.28. The second-order valence-corrected chi connectivity index (χ2v) is 5.46. The predicted octanol–water partition coefficient (Wildman–Crippen LogP) is 2.18. The van der Waals surface area contributed by atoms with Crippen molar-refractivity contribution in [1.29, 1.82) is 5.53 Å². The van der Waals surface area contributed by atoms with Crippen LogP contribution in [-0.4, -0.2) is 29.7 Å². The Balaban J connectivity index is 2.00. The summed E-state index contributed by atoms with van der Waals surface area (Å²) in [5.41, 5.74) is 8.57. The topological polar surface area (TPSA) is 97.6 Å². The fourth-order valence-electron chi connectivity index (χ4n) is 2.05. The predicted molar refractivity (Wildman–Crippen MR) is 78.2 cm³/mol. The monoisotopic (exact) mass is 338 g/mol. The van der Waals surface area contributed by atoms with Gasteiger partial charge in [-0.1, -0.05) is 28.1 Å². The highest BCUT2D eigenvalue weighted by atomic mass is 79.9. The minimum atomic E-state index is -0.836. The molecule has 20 heavy (non-hydrogen) atoms. The van der Waals surface area contributed by atoms with Crippen LogP contribution < -0.4 is 10.6 Å². The number of carboxylic acid groups (broad SMARTS) is 1. The van der Waals surface area contributed by atoms with E-state index in [2.05, 4.69) is 31.7 Å². The van der Waals surface area contributed by atoms with E-state index in [1.165, 1.54) is 0 Å². The van der Waals surface area contributed by atoms with Gasteiger partial charge in [0.15, 0.2) is 0 Å². The van der Waals surface area contributed by atoms with Gasteiger partial charge in [-0.05, 0) is 18.6 Å². The zero-order valence-corrected chi connectivity index (χ0v) is 12.2. The first kappa shape index (κ1) is 14.7. The van der Waals surface area contributed by atoms with Crippen molar-refractivity contribution in [2.45, 2.75) is 18.5 Å². The smallest absolute Gasteiger partial charge is 0.320 e. The van der Waals surface area contributed by atoms with E-state index in [0.29, 0.717) is 18.7 Å². The van der Waals surface area contributed by atoms with Gasteiger partial charge in [0.25, 0.3) is 0 Å². The molecule has 0 spiro atoms. The molecule has 1 saturated heterocycles. The molecule has 0 radical (unpaired) electrons. The molecule has 6 nitrogen and oxygen atoms in total. The molecule has 0 saturated carbocycles. The van der Waals surface area contributed by atoms with Gasteiger partial charge in [-0.2, -0.15) is 5.11 Å². The summed E-state index contributed by atoms with van der Waals surface area (Å²) in [6, 6.07) is 7.01. The number of halogens is 1. The third-order valence-electron chi connectivity index (χ3n) is 3.15. The summed E-state index contributed by atoms with van der Waals surface area (Å²) in [4.78, 5) is 10.8. The van der Waals surface area contributed by atoms with Crippen molar-refractivity contribution in [3.63, 3.8) is 0 Å². The van der Waals surface area contributed by atoms with Crippen LogP contribution in [0, 0.1) is 5.53 Å². The van der Waals surface area contributed by atoms with Crippen molar-refractivity contribution in [1.82, 2.24) is 10.6 Å². The molecule has 0 aromatic heterocycles. The SMILES string of the molecule is N=N/C(=C\NC1CNC(C(=O)O)C1)c1ccc(Br)cc1. The van der Waals surface area contributed by atoms with Crippen molar-refractivity contribution >= 4 is 27.6 Å². The number of hydrogen-bond donors (Lipinski definition) is 4. The Morgan fingerprint density at radius 2 is 2.20 bits per heavy atom. The largest absolute Gasteiger partial charge is 0.480 e. The molecule has 1 heterocycles. The van der Waals surface area contributed by atoms with E-state index in [1.807, 2.05) is 24.3 Å². The van der Waals surface area contributed by atoms with Crippen LogP contribution in [0.4, 0.5) is 0 Å². The molecular weight excluding hydrogens is 324 g/mol. The van der Waals surface area contributed by atoms with Crippen LogP contribution in [0.5, 0.6) is 0 Å². The lowest BCUT2D eigenvalue weighted by Crippen LogP contribution is -2.30. The maximum Gasteiger partial charge on any atom is 0.320 e. The molecule has 1 fully saturated rings. The molecule has 4 N–H and O–H groups in total. The Labute approximate surface area is 124 Å². The van der Waals surface area contributed by atoms with Gasteiger partial charge in [0, 0.05) is 28.8 Å². The van der Waals surface area contributed by atoms with Crippen LogP contribution in [0.2, 0.25) is 0 Å². The molecule has 0 amide bonds. The Kier molecular flexibility index (Phi) is 4.86. The summed E-state index contributed by atoms with van der Waals surface area (Å²) in [5.74, 6) is -0.836. The van der Waals surface area contributed by atoms with Crippen molar-refractivity contribution in [3.05, 3.63) is 40.5 Å². The highest BCUT2D eigenvalue weighted by molar-refractivity contribution is 9.10. The van der Waals surface area contributed by atoms with E-state index >= 15 is 0 Å². The van der Waals surface area contributed by atoms with Gasteiger partial charge in [-0.15, -0.1) is 0 Å². The van der Waals surface area contributed by atoms with E-state index in [1.54, 1.807) is 6.20 Å². The number of hydrogen-bond acceptors (Lipinski definition) is 5. The van der Waals surface area contributed by atoms with Gasteiger partial charge < -0.3 is 15.7 Å². The van der Waals surface area contributed by atoms with Crippen molar-refractivity contribution in [2.24, 2.45) is 5.11 Å². The van der Waals surface area contributed by atoms with Gasteiger partial charge in [-0.25, -0.2) is 5.53 Å². The number of benzene rings is 1. The Morgan fingerprint density at radius 1 is 1.50 bits per heavy atom. The lowest BCUT2D eigenvalue weighted by Gasteiger charge is -2.09. The first-order valence-electron chi connectivity index (χ1n) is 6.16. The van der Waals surface area contributed by atoms with E-state index < -0.39 is 12.0 Å². The Hall–Kier alpha value is -1.73. The Morgan fingerprint density at radius 3 is 2.75 bits per heavy atom. The van der Waals surface area contributed by atoms with Crippen LogP contribution in [0.25, 0.3) is 5.70 Å². The molecular formula is C13H15BrN4O2. The zero-order chi connectivity index (χ0) is 14.5. The minimum Gasteiger partial charge on any atom is -0.480 e. The van der Waals surface area contributed by atoms with Crippen molar-refractivity contribution < 1.29 is 9.90 Å². The number of carbonyl (C=O) groups is 1. The molecule has 0 aliphatic carbocycles. The maximum absolute atomic E-state index is 10.8. The number of carboxylic acids is 1. The summed E-state index contributed by atoms with van der Waals surface area (Å²) in [7, 11) is 0. The number of aliphatic carboxylic acids is 1. The van der Waals surface area contributed by atoms with Gasteiger partial charge in [0.05, 0.1) is 0 Å². The lowest BCUT2D eigenvalue weighted by molar-refractivity contribution is -0.139. The van der Waals surface area contributed by atoms with E-state index in [-0.39, 0.29) is 6.04 Å². The van der Waals surface area contributed by atoms with Crippen molar-refractivity contribution in [2.75, 3.05) is 6.54 Å². The number of nitrogens with zero attached hydrogens (tertiary/aromatic N) is 1. The standard InChI is InChI=1S/C13H15BrN4O2/c14-9-3-1-8(2-4-9)12(18-15)7-16-10-5-11(13(19)20)17-6-10/h1-4,7,10-11,15-17H,5-6H2,(H,19,20)/b12-7-,18-15?. The fraction of sp³-hybridized carbons (Fsp3) is 0.308. The van der Waals surface area contributed by atoms with E-state index in [9.17, 15) is 4.79 Å². The summed E-state index contributed by atoms with van der Waals surface area (Å²) in [6.45, 7) is 0.582. The molecule has 106 valence electrons. The third-order valence-corrected chi connectivity index (χ3v) is 3.67. The average molecular weight is 339 g/mol. The number of nitrogens with one attached hydrogen (secondary N) is 3. The van der Waals surface area contributed by atoms with Crippen molar-refractivity contribution in [3.8, 4) is 0 Å². The van der Waals surface area contributed by atoms with Gasteiger partial charge >= 0.3 is 5.97 Å². The maximum atomic E-state index is 10.8. The van der Waals surface area contributed by atoms with Gasteiger partial charge in [0.2, 0.25) is 0 Å². The molecule has 1 aliphatic heterocycles. The third kappa shape index (κ3) is 3.64. The first-order valence-corrected chi connectivity index (χ1v) is 6.95. The van der Waals surface area contributed by atoms with Crippen LogP contribution in [-0.2, 0) is 4.79 Å². The first-order chi connectivity index (χ1) is 9.60. The summed E-state index contributed by atoms with van der Waals surface area (Å²) in [6.07, 6.45) is 2.17. The zero-order valence-electron chi connectivity index (χ0n) is 10.6.